The van der Waals surface area contributed by atoms with Crippen LogP contribution in [0.25, 0.3) is 5.70 Å². The highest BCUT2D eigenvalue weighted by atomic mass is 32.3. The molecule has 0 saturated heterocycles. The van der Waals surface area contributed by atoms with Crippen LogP contribution in [-0.2, 0) is 5.75 Å². The average molecular weight is 474 g/mol. The van der Waals surface area contributed by atoms with Gasteiger partial charge in [0, 0.05) is 19.7 Å². The zero-order valence-corrected chi connectivity index (χ0v) is 20.3. The van der Waals surface area contributed by atoms with Crippen molar-refractivity contribution in [3.05, 3.63) is 89.1 Å². The maximum atomic E-state index is 15.1. The van der Waals surface area contributed by atoms with Gasteiger partial charge in [-0.05, 0) is 42.0 Å². The number of rotatable bonds is 9. The number of benzene rings is 1. The molecular formula is C25H32F5NS. The SMILES string of the molecule is C=C/C=C(\C=C/C)C(/C=C\CC(C)(C)C)=C(\c1c(F)cc(CS(F)(F)F)cc1F)N(C)C. The van der Waals surface area contributed by atoms with Gasteiger partial charge in [-0.3, -0.25) is 0 Å². The van der Waals surface area contributed by atoms with Gasteiger partial charge in [-0.2, -0.15) is 0 Å². The highest BCUT2D eigenvalue weighted by molar-refractivity contribution is 8.20. The number of allylic oxidation sites excluding steroid dienone is 8. The van der Waals surface area contributed by atoms with Gasteiger partial charge in [0.1, 0.15) is 11.6 Å². The number of halogens is 5. The third-order valence-corrected chi connectivity index (χ3v) is 5.00. The van der Waals surface area contributed by atoms with Crippen LogP contribution < -0.4 is 0 Å². The Balaban J connectivity index is 3.87. The Labute approximate surface area is 190 Å². The minimum absolute atomic E-state index is 0.000869. The molecule has 0 bridgehead atoms. The van der Waals surface area contributed by atoms with Gasteiger partial charge in [0.25, 0.3) is 0 Å². The minimum Gasteiger partial charge on any atom is -0.377 e. The molecule has 0 aliphatic rings. The zero-order chi connectivity index (χ0) is 24.7. The topological polar surface area (TPSA) is 3.24 Å². The normalized spacial score (nSPS) is 14.8. The molecule has 32 heavy (non-hydrogen) atoms. The van der Waals surface area contributed by atoms with Crippen LogP contribution in [0.5, 0.6) is 0 Å². The van der Waals surface area contributed by atoms with Gasteiger partial charge in [0.2, 0.25) is 11.2 Å². The van der Waals surface area contributed by atoms with Crippen molar-refractivity contribution in [2.24, 2.45) is 5.41 Å². The zero-order valence-electron chi connectivity index (χ0n) is 19.5. The summed E-state index contributed by atoms with van der Waals surface area (Å²) < 4.78 is 68.6. The van der Waals surface area contributed by atoms with Crippen LogP contribution in [0.4, 0.5) is 20.4 Å². The smallest absolute Gasteiger partial charge is 0.213 e. The van der Waals surface area contributed by atoms with Gasteiger partial charge >= 0.3 is 0 Å². The lowest BCUT2D eigenvalue weighted by Gasteiger charge is -2.24. The molecule has 1 aromatic carbocycles. The summed E-state index contributed by atoms with van der Waals surface area (Å²) in [7, 11) is 3.28. The van der Waals surface area contributed by atoms with E-state index in [1.54, 1.807) is 49.4 Å². The maximum Gasteiger partial charge on any atom is 0.213 e. The Morgan fingerprint density at radius 3 is 2.03 bits per heavy atom. The fraction of sp³-hybridized carbons (Fsp3) is 0.360. The molecule has 0 aliphatic carbocycles. The van der Waals surface area contributed by atoms with Crippen molar-refractivity contribution in [3.8, 4) is 0 Å². The van der Waals surface area contributed by atoms with Gasteiger partial charge in [0.15, 0.2) is 0 Å². The maximum absolute atomic E-state index is 15.1. The van der Waals surface area contributed by atoms with Crippen molar-refractivity contribution >= 4 is 16.9 Å². The molecule has 1 aromatic rings. The Morgan fingerprint density at radius 2 is 1.62 bits per heavy atom. The third-order valence-electron chi connectivity index (χ3n) is 4.34. The van der Waals surface area contributed by atoms with Crippen molar-refractivity contribution in [1.29, 1.82) is 0 Å². The standard InChI is InChI=1S/C25H32F5NS/c1-8-11-19(12-9-2)20(13-10-14-25(3,4)5)24(31(6)7)23-21(26)15-18(16-22(23)27)17-32(28,29)30/h8-13,15-16H,1,14,17H2,2-7H3/b12-9-,13-10-,19-11+,24-20+. The van der Waals surface area contributed by atoms with E-state index in [2.05, 4.69) is 27.4 Å². The lowest BCUT2D eigenvalue weighted by Crippen LogP contribution is -2.16. The quantitative estimate of drug-likeness (QED) is 0.256. The second kappa shape index (κ2) is 11.5. The Morgan fingerprint density at radius 1 is 1.06 bits per heavy atom. The molecule has 0 fully saturated rings. The molecule has 0 amide bonds. The van der Waals surface area contributed by atoms with E-state index in [4.69, 9.17) is 0 Å². The summed E-state index contributed by atoms with van der Waals surface area (Å²) in [5.74, 6) is -3.39. The minimum atomic E-state index is -5.43. The van der Waals surface area contributed by atoms with Crippen LogP contribution in [0.15, 0.2) is 66.3 Å². The third kappa shape index (κ3) is 8.69. The van der Waals surface area contributed by atoms with E-state index in [9.17, 15) is 11.7 Å². The first-order chi connectivity index (χ1) is 14.7. The van der Waals surface area contributed by atoms with Gasteiger partial charge in [-0.1, -0.05) is 63.8 Å². The van der Waals surface area contributed by atoms with E-state index < -0.39 is 34.1 Å². The van der Waals surface area contributed by atoms with Crippen molar-refractivity contribution in [1.82, 2.24) is 4.90 Å². The first kappa shape index (κ1) is 27.8. The Kier molecular flexibility index (Phi) is 10.0. The van der Waals surface area contributed by atoms with Crippen LogP contribution in [0.1, 0.15) is 45.2 Å². The summed E-state index contributed by atoms with van der Waals surface area (Å²) in [4.78, 5) is 1.56. The van der Waals surface area contributed by atoms with E-state index in [1.807, 2.05) is 13.0 Å². The second-order valence-corrected chi connectivity index (χ2v) is 10.1. The number of hydrogen-bond donors (Lipinski definition) is 0. The summed E-state index contributed by atoms with van der Waals surface area (Å²) in [6.07, 6.45) is 11.3. The highest BCUT2D eigenvalue weighted by Crippen LogP contribution is 2.56. The largest absolute Gasteiger partial charge is 0.377 e. The first-order valence-electron chi connectivity index (χ1n) is 10.1. The van der Waals surface area contributed by atoms with E-state index in [0.29, 0.717) is 17.6 Å². The predicted molar refractivity (Wildman–Crippen MR) is 128 cm³/mol. The molecule has 1 nitrogen and oxygen atoms in total. The second-order valence-electron chi connectivity index (χ2n) is 8.76. The molecule has 0 aliphatic heterocycles. The Hall–Kier alpha value is -2.28. The van der Waals surface area contributed by atoms with E-state index in [-0.39, 0.29) is 16.7 Å². The van der Waals surface area contributed by atoms with Crippen molar-refractivity contribution in [3.63, 3.8) is 0 Å². The average Bonchev–Trinajstić information content (AvgIpc) is 2.60. The van der Waals surface area contributed by atoms with Gasteiger partial charge in [-0.15, -0.1) is 11.7 Å². The van der Waals surface area contributed by atoms with Gasteiger partial charge < -0.3 is 4.90 Å². The Bertz CT molecular complexity index is 906. The fourth-order valence-electron chi connectivity index (χ4n) is 3.11. The fourth-order valence-corrected chi connectivity index (χ4v) is 3.65. The summed E-state index contributed by atoms with van der Waals surface area (Å²) in [6, 6.07) is 1.54. The summed E-state index contributed by atoms with van der Waals surface area (Å²) >= 11 is -5.43. The van der Waals surface area contributed by atoms with Crippen LogP contribution in [0.3, 0.4) is 0 Å². The van der Waals surface area contributed by atoms with Crippen LogP contribution in [0, 0.1) is 17.0 Å². The molecule has 0 saturated carbocycles. The molecule has 0 unspecified atom stereocenters. The molecule has 0 heterocycles. The van der Waals surface area contributed by atoms with Gasteiger partial charge in [-0.25, -0.2) is 8.78 Å². The number of nitrogens with zero attached hydrogens (tertiary/aromatic N) is 1. The van der Waals surface area contributed by atoms with E-state index >= 15 is 8.78 Å². The molecule has 0 atom stereocenters. The van der Waals surface area contributed by atoms with E-state index in [1.165, 1.54) is 0 Å². The van der Waals surface area contributed by atoms with Gasteiger partial charge in [0.05, 0.1) is 17.0 Å². The van der Waals surface area contributed by atoms with Crippen molar-refractivity contribution < 1.29 is 20.4 Å². The first-order valence-corrected chi connectivity index (χ1v) is 11.6. The monoisotopic (exact) mass is 473 g/mol. The lowest BCUT2D eigenvalue weighted by molar-refractivity contribution is 0.420. The molecule has 0 spiro atoms. The van der Waals surface area contributed by atoms with Crippen molar-refractivity contribution in [2.75, 3.05) is 14.1 Å². The summed E-state index contributed by atoms with van der Waals surface area (Å²) in [5, 5.41) is 0. The predicted octanol–water partition coefficient (Wildman–Crippen LogP) is 8.88. The summed E-state index contributed by atoms with van der Waals surface area (Å²) in [6.45, 7) is 11.7. The summed E-state index contributed by atoms with van der Waals surface area (Å²) in [5.41, 5.74) is 0.627. The van der Waals surface area contributed by atoms with Crippen LogP contribution in [0.2, 0.25) is 0 Å². The molecule has 7 heteroatoms. The molecule has 178 valence electrons. The van der Waals surface area contributed by atoms with Crippen LogP contribution in [-0.4, -0.2) is 19.0 Å². The molecule has 1 rings (SSSR count). The van der Waals surface area contributed by atoms with E-state index in [0.717, 1.165) is 12.1 Å². The molecule has 0 radical (unpaired) electrons. The molecule has 0 N–H and O–H groups in total. The lowest BCUT2D eigenvalue weighted by atomic mass is 9.90. The number of hydrogen-bond acceptors (Lipinski definition) is 1. The van der Waals surface area contributed by atoms with Crippen molar-refractivity contribution in [2.45, 2.75) is 39.9 Å². The molecular weight excluding hydrogens is 441 g/mol. The van der Waals surface area contributed by atoms with Crippen LogP contribution >= 0.6 is 11.2 Å². The molecule has 0 aromatic heterocycles. The highest BCUT2D eigenvalue weighted by Gasteiger charge is 2.26.